The van der Waals surface area contributed by atoms with Gasteiger partial charge in [0.15, 0.2) is 0 Å². The molecule has 0 radical (unpaired) electrons. The number of amides is 3. The Morgan fingerprint density at radius 2 is 1.84 bits per heavy atom. The minimum Gasteiger partial charge on any atom is -0.491 e. The predicted octanol–water partition coefficient (Wildman–Crippen LogP) is 1.93. The summed E-state index contributed by atoms with van der Waals surface area (Å²) in [6.07, 6.45) is 4.03. The fraction of sp³-hybridized carbons (Fsp3) is 0.609. The molecule has 2 saturated heterocycles. The van der Waals surface area contributed by atoms with Crippen LogP contribution in [0.15, 0.2) is 24.3 Å². The number of ether oxygens (including phenoxy) is 2. The van der Waals surface area contributed by atoms with Crippen LogP contribution in [-0.2, 0) is 4.74 Å². The van der Waals surface area contributed by atoms with Crippen LogP contribution in [-0.4, -0.2) is 79.9 Å². The van der Waals surface area contributed by atoms with E-state index in [1.807, 2.05) is 4.90 Å². The van der Waals surface area contributed by atoms with Gasteiger partial charge in [-0.05, 0) is 55.9 Å². The Kier molecular flexibility index (Phi) is 7.00. The van der Waals surface area contributed by atoms with E-state index in [1.54, 1.807) is 24.3 Å². The molecule has 9 nitrogen and oxygen atoms in total. The molecule has 2 aliphatic heterocycles. The average Bonchev–Trinajstić information content (AvgIpc) is 3.61. The van der Waals surface area contributed by atoms with Crippen LogP contribution in [0.3, 0.4) is 0 Å². The van der Waals surface area contributed by atoms with Crippen molar-refractivity contribution in [1.82, 2.24) is 20.4 Å². The maximum absolute atomic E-state index is 12.6. The van der Waals surface area contributed by atoms with E-state index >= 15 is 0 Å². The third-order valence-corrected chi connectivity index (χ3v) is 6.53. The van der Waals surface area contributed by atoms with Gasteiger partial charge >= 0.3 is 12.1 Å². The summed E-state index contributed by atoms with van der Waals surface area (Å²) in [7, 11) is 1.34. The molecule has 0 spiro atoms. The highest BCUT2D eigenvalue weighted by Gasteiger charge is 2.42. The maximum atomic E-state index is 12.6. The number of fused-ring (bicyclic) bond motifs is 2. The first-order valence-electron chi connectivity index (χ1n) is 11.3. The topological polar surface area (TPSA) is 107 Å². The number of nitrogens with one attached hydrogen (secondary N) is 2. The van der Waals surface area contributed by atoms with Gasteiger partial charge in [0.25, 0.3) is 0 Å². The number of carbonyl (C=O) groups excluding carboxylic acids is 2. The van der Waals surface area contributed by atoms with Gasteiger partial charge in [-0.1, -0.05) is 0 Å². The lowest BCUT2D eigenvalue weighted by Gasteiger charge is -2.42. The Morgan fingerprint density at radius 3 is 2.44 bits per heavy atom. The second kappa shape index (κ2) is 10.1. The van der Waals surface area contributed by atoms with E-state index in [-0.39, 0.29) is 30.8 Å². The summed E-state index contributed by atoms with van der Waals surface area (Å²) < 4.78 is 10.7. The van der Waals surface area contributed by atoms with Crippen molar-refractivity contribution in [2.75, 3.05) is 39.9 Å². The molecular weight excluding hydrogens is 410 g/mol. The second-order valence-corrected chi connectivity index (χ2v) is 8.90. The normalized spacial score (nSPS) is 23.2. The minimum absolute atomic E-state index is 0.0434. The van der Waals surface area contributed by atoms with Gasteiger partial charge in [0.1, 0.15) is 12.4 Å². The van der Waals surface area contributed by atoms with Crippen molar-refractivity contribution >= 4 is 12.1 Å². The highest BCUT2D eigenvalue weighted by Crippen LogP contribution is 2.31. The summed E-state index contributed by atoms with van der Waals surface area (Å²) in [5.41, 5.74) is 0.567. The van der Waals surface area contributed by atoms with Crippen LogP contribution in [0.5, 0.6) is 5.75 Å². The number of nitrogens with zero attached hydrogens (tertiary/aromatic N) is 3. The molecule has 0 aromatic heterocycles. The number of hydrogen-bond acceptors (Lipinski definition) is 6. The van der Waals surface area contributed by atoms with Crippen LogP contribution < -0.4 is 15.4 Å². The molecule has 1 aromatic carbocycles. The molecule has 3 amide bonds. The smallest absolute Gasteiger partial charge is 0.407 e. The van der Waals surface area contributed by atoms with Gasteiger partial charge in [-0.15, -0.1) is 0 Å². The summed E-state index contributed by atoms with van der Waals surface area (Å²) >= 11 is 0. The Balaban J connectivity index is 1.33. The van der Waals surface area contributed by atoms with Gasteiger partial charge < -0.3 is 25.0 Å². The molecule has 3 atom stereocenters. The first-order valence-corrected chi connectivity index (χ1v) is 11.3. The first kappa shape index (κ1) is 22.2. The van der Waals surface area contributed by atoms with Gasteiger partial charge in [0, 0.05) is 38.3 Å². The Morgan fingerprint density at radius 1 is 1.16 bits per heavy atom. The van der Waals surface area contributed by atoms with Crippen molar-refractivity contribution in [3.05, 3.63) is 29.8 Å². The van der Waals surface area contributed by atoms with E-state index in [0.717, 1.165) is 19.4 Å². The highest BCUT2D eigenvalue weighted by atomic mass is 16.5. The number of urea groups is 1. The number of alkyl carbamates (subject to hydrolysis) is 1. The summed E-state index contributed by atoms with van der Waals surface area (Å²) in [6.45, 7) is 3.09. The van der Waals surface area contributed by atoms with Crippen LogP contribution in [0.4, 0.5) is 9.59 Å². The Hall–Kier alpha value is -2.99. The van der Waals surface area contributed by atoms with E-state index in [2.05, 4.69) is 21.6 Å². The summed E-state index contributed by atoms with van der Waals surface area (Å²) in [5.74, 6) is 1.30. The van der Waals surface area contributed by atoms with Gasteiger partial charge in [-0.3, -0.25) is 4.90 Å². The first-order chi connectivity index (χ1) is 15.6. The lowest BCUT2D eigenvalue weighted by atomic mass is 10.1. The summed E-state index contributed by atoms with van der Waals surface area (Å²) in [6, 6.07) is 9.30. The monoisotopic (exact) mass is 441 g/mol. The van der Waals surface area contributed by atoms with Gasteiger partial charge in [-0.2, -0.15) is 5.26 Å². The zero-order valence-electron chi connectivity index (χ0n) is 18.5. The minimum atomic E-state index is -0.496. The lowest BCUT2D eigenvalue weighted by Crippen LogP contribution is -2.60. The van der Waals surface area contributed by atoms with Crippen molar-refractivity contribution in [3.8, 4) is 11.8 Å². The van der Waals surface area contributed by atoms with Gasteiger partial charge in [0.05, 0.1) is 24.8 Å². The molecular formula is C23H31N5O4. The van der Waals surface area contributed by atoms with Crippen LogP contribution in [0.1, 0.15) is 31.2 Å². The van der Waals surface area contributed by atoms with Crippen molar-refractivity contribution in [3.63, 3.8) is 0 Å². The largest absolute Gasteiger partial charge is 0.491 e. The van der Waals surface area contributed by atoms with E-state index in [1.165, 1.54) is 20.0 Å². The van der Waals surface area contributed by atoms with Crippen LogP contribution >= 0.6 is 0 Å². The maximum Gasteiger partial charge on any atom is 0.407 e. The van der Waals surface area contributed by atoms with Crippen molar-refractivity contribution in [1.29, 1.82) is 5.26 Å². The molecule has 2 unspecified atom stereocenters. The van der Waals surface area contributed by atoms with E-state index in [4.69, 9.17) is 14.7 Å². The molecule has 3 fully saturated rings. The number of rotatable bonds is 8. The number of carbonyl (C=O) groups is 2. The van der Waals surface area contributed by atoms with Crippen LogP contribution in [0.2, 0.25) is 0 Å². The average molecular weight is 442 g/mol. The van der Waals surface area contributed by atoms with E-state index in [9.17, 15) is 9.59 Å². The molecule has 1 aliphatic carbocycles. The molecule has 1 saturated carbocycles. The molecule has 3 aliphatic rings. The SMILES string of the molecule is COC(=O)N[C@H](COc1ccc(C#N)cc1)CN1C2CCC1CN(C(=O)NCC1CC1)C2. The van der Waals surface area contributed by atoms with E-state index in [0.29, 0.717) is 36.9 Å². The zero-order chi connectivity index (χ0) is 22.5. The number of benzene rings is 1. The molecule has 2 bridgehead atoms. The summed E-state index contributed by atoms with van der Waals surface area (Å²) in [5, 5.41) is 14.9. The van der Waals surface area contributed by atoms with Crippen LogP contribution in [0.25, 0.3) is 0 Å². The molecule has 172 valence electrons. The highest BCUT2D eigenvalue weighted by molar-refractivity contribution is 5.74. The predicted molar refractivity (Wildman–Crippen MR) is 117 cm³/mol. The zero-order valence-corrected chi connectivity index (χ0v) is 18.5. The van der Waals surface area contributed by atoms with Crippen LogP contribution in [0, 0.1) is 17.2 Å². The van der Waals surface area contributed by atoms with Crippen molar-refractivity contribution in [2.24, 2.45) is 5.92 Å². The fourth-order valence-corrected chi connectivity index (χ4v) is 4.56. The molecule has 1 aromatic rings. The number of hydrogen-bond donors (Lipinski definition) is 2. The number of likely N-dealkylation sites (tertiary alicyclic amines) is 1. The summed E-state index contributed by atoms with van der Waals surface area (Å²) in [4.78, 5) is 28.8. The Bertz CT molecular complexity index is 837. The third-order valence-electron chi connectivity index (χ3n) is 6.53. The fourth-order valence-electron chi connectivity index (χ4n) is 4.56. The number of methoxy groups -OCH3 is 1. The quantitative estimate of drug-likeness (QED) is 0.638. The number of nitriles is 1. The molecule has 2 N–H and O–H groups in total. The molecule has 32 heavy (non-hydrogen) atoms. The molecule has 4 rings (SSSR count). The number of piperazine rings is 1. The third kappa shape index (κ3) is 5.62. The van der Waals surface area contributed by atoms with Crippen molar-refractivity contribution in [2.45, 2.75) is 43.8 Å². The van der Waals surface area contributed by atoms with Gasteiger partial charge in [0.2, 0.25) is 0 Å². The standard InChI is InChI=1S/C23H31N5O4/c1-31-23(30)26-18(15-32-21-8-4-16(10-24)5-9-21)12-28-19-6-7-20(28)14-27(13-19)22(29)25-11-17-2-3-17/h4-5,8-9,17-20H,2-3,6-7,11-15H2,1H3,(H,25,29)(H,26,30)/t18-,19?,20?/m0/s1. The lowest BCUT2D eigenvalue weighted by molar-refractivity contribution is 0.0669. The Labute approximate surface area is 188 Å². The van der Waals surface area contributed by atoms with E-state index < -0.39 is 6.09 Å². The molecule has 2 heterocycles. The van der Waals surface area contributed by atoms with Crippen molar-refractivity contribution < 1.29 is 19.1 Å². The van der Waals surface area contributed by atoms with Gasteiger partial charge in [-0.25, -0.2) is 9.59 Å². The second-order valence-electron chi connectivity index (χ2n) is 8.90. The molecule has 9 heteroatoms.